The van der Waals surface area contributed by atoms with E-state index < -0.39 is 0 Å². The average molecular weight is 370 g/mol. The number of methoxy groups -OCH3 is 1. The van der Waals surface area contributed by atoms with Crippen molar-refractivity contribution in [3.05, 3.63) is 48.1 Å². The van der Waals surface area contributed by atoms with Crippen molar-refractivity contribution in [2.24, 2.45) is 16.4 Å². The summed E-state index contributed by atoms with van der Waals surface area (Å²) < 4.78 is 5.11. The Morgan fingerprint density at radius 1 is 1.33 bits per heavy atom. The summed E-state index contributed by atoms with van der Waals surface area (Å²) >= 11 is 0. The molecule has 1 aliphatic carbocycles. The number of rotatable bonds is 7. The number of anilines is 1. The Kier molecular flexibility index (Phi) is 7.22. The molecule has 27 heavy (non-hydrogen) atoms. The van der Waals surface area contributed by atoms with E-state index >= 15 is 0 Å². The fraction of sp³-hybridized carbons (Fsp3) is 0.455. The number of ether oxygens (including phenoxy) is 1. The highest BCUT2D eigenvalue weighted by Gasteiger charge is 2.30. The smallest absolute Gasteiger partial charge is 0.259 e. The molecule has 0 heterocycles. The quantitative estimate of drug-likeness (QED) is 0.421. The second-order valence-corrected chi connectivity index (χ2v) is 7.68. The number of amides is 1. The maximum atomic E-state index is 12.0. The molecule has 2 rings (SSSR count). The molecule has 0 saturated carbocycles. The molecule has 5 nitrogen and oxygen atoms in total. The van der Waals surface area contributed by atoms with E-state index in [9.17, 15) is 4.79 Å². The third-order valence-electron chi connectivity index (χ3n) is 5.02. The van der Waals surface area contributed by atoms with E-state index in [1.54, 1.807) is 7.11 Å². The summed E-state index contributed by atoms with van der Waals surface area (Å²) in [5.41, 5.74) is 5.88. The predicted molar refractivity (Wildman–Crippen MR) is 112 cm³/mol. The van der Waals surface area contributed by atoms with Crippen molar-refractivity contribution in [3.8, 4) is 5.75 Å². The third-order valence-corrected chi connectivity index (χ3v) is 5.02. The second-order valence-electron chi connectivity index (χ2n) is 7.68. The Labute approximate surface area is 162 Å². The summed E-state index contributed by atoms with van der Waals surface area (Å²) in [4.78, 5) is 12.0. The second kappa shape index (κ2) is 9.40. The van der Waals surface area contributed by atoms with Crippen LogP contribution in [0.15, 0.2) is 53.2 Å². The molecule has 146 valence electrons. The molecule has 1 aromatic rings. The molecule has 1 amide bonds. The largest absolute Gasteiger partial charge is 0.497 e. The van der Waals surface area contributed by atoms with Crippen LogP contribution in [0.4, 0.5) is 5.69 Å². The SMILES string of the molecule is COc1ccc(NCC(=O)N/N=C(C)/C=C/C2C(C)=CCCC2(C)C)cc1. The van der Waals surface area contributed by atoms with Gasteiger partial charge in [0.15, 0.2) is 0 Å². The highest BCUT2D eigenvalue weighted by molar-refractivity contribution is 5.94. The Morgan fingerprint density at radius 3 is 2.67 bits per heavy atom. The highest BCUT2D eigenvalue weighted by atomic mass is 16.5. The number of benzene rings is 1. The normalized spacial score (nSPS) is 19.5. The maximum absolute atomic E-state index is 12.0. The van der Waals surface area contributed by atoms with Crippen LogP contribution in [0.1, 0.15) is 40.5 Å². The van der Waals surface area contributed by atoms with Crippen molar-refractivity contribution in [2.45, 2.75) is 40.5 Å². The van der Waals surface area contributed by atoms with Crippen LogP contribution < -0.4 is 15.5 Å². The molecule has 0 aliphatic heterocycles. The Bertz CT molecular complexity index is 730. The molecule has 2 N–H and O–H groups in total. The van der Waals surface area contributed by atoms with Gasteiger partial charge in [-0.25, -0.2) is 5.43 Å². The molecule has 0 bridgehead atoms. The summed E-state index contributed by atoms with van der Waals surface area (Å²) in [5, 5.41) is 7.23. The lowest BCUT2D eigenvalue weighted by atomic mass is 9.68. The fourth-order valence-corrected chi connectivity index (χ4v) is 3.34. The number of hydrogen-bond donors (Lipinski definition) is 2. The van der Waals surface area contributed by atoms with Crippen LogP contribution in [-0.2, 0) is 4.79 Å². The minimum atomic E-state index is -0.187. The lowest BCUT2D eigenvalue weighted by Crippen LogP contribution is -2.27. The van der Waals surface area contributed by atoms with Gasteiger partial charge in [-0.05, 0) is 62.4 Å². The molecular formula is C22H31N3O2. The molecule has 1 unspecified atom stereocenters. The first-order chi connectivity index (χ1) is 12.8. The highest BCUT2D eigenvalue weighted by Crippen LogP contribution is 2.41. The molecule has 0 radical (unpaired) electrons. The average Bonchev–Trinajstić information content (AvgIpc) is 2.64. The van der Waals surface area contributed by atoms with Gasteiger partial charge in [0.1, 0.15) is 5.75 Å². The van der Waals surface area contributed by atoms with E-state index in [2.05, 4.69) is 48.8 Å². The molecule has 5 heteroatoms. The van der Waals surface area contributed by atoms with Crippen molar-refractivity contribution in [2.75, 3.05) is 19.0 Å². The number of allylic oxidation sites excluding steroid dienone is 4. The van der Waals surface area contributed by atoms with Crippen molar-refractivity contribution in [1.82, 2.24) is 5.43 Å². The minimum absolute atomic E-state index is 0.157. The minimum Gasteiger partial charge on any atom is -0.497 e. The van der Waals surface area contributed by atoms with Crippen molar-refractivity contribution < 1.29 is 9.53 Å². The first kappa shape index (κ1) is 20.7. The number of nitrogens with zero attached hydrogens (tertiary/aromatic N) is 1. The van der Waals surface area contributed by atoms with E-state index in [0.29, 0.717) is 5.92 Å². The number of hydrogen-bond acceptors (Lipinski definition) is 4. The van der Waals surface area contributed by atoms with Gasteiger partial charge >= 0.3 is 0 Å². The van der Waals surface area contributed by atoms with Gasteiger partial charge in [-0.3, -0.25) is 4.79 Å². The van der Waals surface area contributed by atoms with E-state index in [-0.39, 0.29) is 17.9 Å². The number of carbonyl (C=O) groups excluding carboxylic acids is 1. The van der Waals surface area contributed by atoms with Crippen LogP contribution in [0.5, 0.6) is 5.75 Å². The number of carbonyl (C=O) groups is 1. The van der Waals surface area contributed by atoms with E-state index in [1.807, 2.05) is 37.3 Å². The van der Waals surface area contributed by atoms with E-state index in [1.165, 1.54) is 12.0 Å². The van der Waals surface area contributed by atoms with E-state index in [0.717, 1.165) is 23.6 Å². The summed E-state index contributed by atoms with van der Waals surface area (Å²) in [6.07, 6.45) is 8.84. The zero-order chi connectivity index (χ0) is 19.9. The van der Waals surface area contributed by atoms with Crippen LogP contribution >= 0.6 is 0 Å². The molecule has 0 spiro atoms. The first-order valence-electron chi connectivity index (χ1n) is 9.38. The predicted octanol–water partition coefficient (Wildman–Crippen LogP) is 4.54. The van der Waals surface area contributed by atoms with Crippen LogP contribution in [0.25, 0.3) is 0 Å². The third kappa shape index (κ3) is 6.27. The molecular weight excluding hydrogens is 338 g/mol. The molecule has 0 aromatic heterocycles. The molecule has 1 aliphatic rings. The first-order valence-corrected chi connectivity index (χ1v) is 9.38. The Morgan fingerprint density at radius 2 is 2.04 bits per heavy atom. The summed E-state index contributed by atoms with van der Waals surface area (Å²) in [7, 11) is 1.62. The maximum Gasteiger partial charge on any atom is 0.259 e. The van der Waals surface area contributed by atoms with Gasteiger partial charge in [0, 0.05) is 11.6 Å². The van der Waals surface area contributed by atoms with Gasteiger partial charge in [0.05, 0.1) is 19.4 Å². The van der Waals surface area contributed by atoms with Gasteiger partial charge < -0.3 is 10.1 Å². The van der Waals surface area contributed by atoms with Gasteiger partial charge in [0.2, 0.25) is 0 Å². The standard InChI is InChI=1S/C22H31N3O2/c1-16-7-6-14-22(3,4)20(16)13-8-17(2)24-25-21(26)15-23-18-9-11-19(27-5)12-10-18/h7-13,20,23H,6,14-15H2,1-5H3,(H,25,26)/b13-8+,24-17+. The van der Waals surface area contributed by atoms with Crippen molar-refractivity contribution in [3.63, 3.8) is 0 Å². The monoisotopic (exact) mass is 369 g/mol. The number of nitrogens with one attached hydrogen (secondary N) is 2. The summed E-state index contributed by atoms with van der Waals surface area (Å²) in [6.45, 7) is 8.84. The zero-order valence-corrected chi connectivity index (χ0v) is 17.0. The van der Waals surface area contributed by atoms with Crippen LogP contribution in [0.2, 0.25) is 0 Å². The summed E-state index contributed by atoms with van der Waals surface area (Å²) in [6, 6.07) is 7.42. The van der Waals surface area contributed by atoms with Gasteiger partial charge in [-0.1, -0.05) is 31.6 Å². The van der Waals surface area contributed by atoms with Gasteiger partial charge in [-0.15, -0.1) is 0 Å². The van der Waals surface area contributed by atoms with Crippen LogP contribution in [-0.4, -0.2) is 25.3 Å². The van der Waals surface area contributed by atoms with E-state index in [4.69, 9.17) is 4.74 Å². The Hall–Kier alpha value is -2.56. The van der Waals surface area contributed by atoms with Gasteiger partial charge in [-0.2, -0.15) is 5.10 Å². The number of hydrazone groups is 1. The van der Waals surface area contributed by atoms with Crippen LogP contribution in [0.3, 0.4) is 0 Å². The zero-order valence-electron chi connectivity index (χ0n) is 17.0. The Balaban J connectivity index is 1.84. The fourth-order valence-electron chi connectivity index (χ4n) is 3.34. The van der Waals surface area contributed by atoms with Crippen LogP contribution in [0, 0.1) is 11.3 Å². The van der Waals surface area contributed by atoms with Crippen molar-refractivity contribution >= 4 is 17.3 Å². The van der Waals surface area contributed by atoms with Crippen molar-refractivity contribution in [1.29, 1.82) is 0 Å². The van der Waals surface area contributed by atoms with Gasteiger partial charge in [0.25, 0.3) is 5.91 Å². The lowest BCUT2D eigenvalue weighted by Gasteiger charge is -2.36. The molecule has 1 aromatic carbocycles. The topological polar surface area (TPSA) is 62.7 Å². The summed E-state index contributed by atoms with van der Waals surface area (Å²) in [5.74, 6) is 1.000. The molecule has 1 atom stereocenters. The lowest BCUT2D eigenvalue weighted by molar-refractivity contribution is -0.119. The molecule has 0 saturated heterocycles. The molecule has 0 fully saturated rings.